The van der Waals surface area contributed by atoms with Crippen LogP contribution in [0.4, 0.5) is 0 Å². The third-order valence-corrected chi connectivity index (χ3v) is 6.22. The smallest absolute Gasteiger partial charge is 0.00157 e. The molecule has 2 nitrogen and oxygen atoms in total. The molecule has 2 aliphatic rings. The molecule has 2 fully saturated rings. The number of hydrogen-bond donors (Lipinski definition) is 0. The Hall–Kier alpha value is -0.0800. The molecule has 0 spiro atoms. The fourth-order valence-electron chi connectivity index (χ4n) is 4.85. The summed E-state index contributed by atoms with van der Waals surface area (Å²) >= 11 is 0. The number of nitrogens with zero attached hydrogens (tertiary/aromatic N) is 2. The molecule has 2 saturated heterocycles. The van der Waals surface area contributed by atoms with Crippen molar-refractivity contribution in [3.05, 3.63) is 0 Å². The SMILES string of the molecule is CC(C)CN1C[C@@H](C)C(CN2CCC(C(C)C)CC2)[C@@H](C)C1. The lowest BCUT2D eigenvalue weighted by Gasteiger charge is -2.45. The minimum atomic E-state index is 0.797. The Labute approximate surface area is 139 Å². The predicted molar refractivity (Wildman–Crippen MR) is 97.1 cm³/mol. The quantitative estimate of drug-likeness (QED) is 0.750. The molecular weight excluding hydrogens is 268 g/mol. The largest absolute Gasteiger partial charge is 0.303 e. The van der Waals surface area contributed by atoms with Gasteiger partial charge in [0.15, 0.2) is 0 Å². The van der Waals surface area contributed by atoms with Crippen molar-refractivity contribution in [3.8, 4) is 0 Å². The molecule has 1 unspecified atom stereocenters. The van der Waals surface area contributed by atoms with Crippen LogP contribution in [-0.4, -0.2) is 49.1 Å². The van der Waals surface area contributed by atoms with E-state index in [1.165, 1.54) is 52.1 Å². The third kappa shape index (κ3) is 4.96. The first kappa shape index (κ1) is 18.3. The van der Waals surface area contributed by atoms with E-state index >= 15 is 0 Å². The van der Waals surface area contributed by atoms with E-state index in [1.807, 2.05) is 0 Å². The monoisotopic (exact) mass is 308 g/mol. The molecule has 2 heterocycles. The maximum absolute atomic E-state index is 2.77. The van der Waals surface area contributed by atoms with E-state index in [9.17, 15) is 0 Å². The van der Waals surface area contributed by atoms with Crippen LogP contribution in [0.2, 0.25) is 0 Å². The van der Waals surface area contributed by atoms with Crippen LogP contribution >= 0.6 is 0 Å². The van der Waals surface area contributed by atoms with Crippen LogP contribution in [0, 0.1) is 35.5 Å². The molecule has 0 aromatic carbocycles. The van der Waals surface area contributed by atoms with Gasteiger partial charge in [-0.15, -0.1) is 0 Å². The molecule has 0 radical (unpaired) electrons. The van der Waals surface area contributed by atoms with Crippen molar-refractivity contribution in [3.63, 3.8) is 0 Å². The van der Waals surface area contributed by atoms with Gasteiger partial charge in [-0.05, 0) is 61.4 Å². The summed E-state index contributed by atoms with van der Waals surface area (Å²) in [7, 11) is 0. The van der Waals surface area contributed by atoms with Crippen molar-refractivity contribution < 1.29 is 0 Å². The van der Waals surface area contributed by atoms with E-state index in [-0.39, 0.29) is 0 Å². The van der Waals surface area contributed by atoms with E-state index in [0.717, 1.165) is 35.5 Å². The third-order valence-electron chi connectivity index (χ3n) is 6.22. The van der Waals surface area contributed by atoms with Crippen LogP contribution in [0.15, 0.2) is 0 Å². The molecule has 130 valence electrons. The van der Waals surface area contributed by atoms with Crippen LogP contribution < -0.4 is 0 Å². The van der Waals surface area contributed by atoms with Gasteiger partial charge < -0.3 is 9.80 Å². The summed E-state index contributed by atoms with van der Waals surface area (Å²) in [6.45, 7) is 22.4. The van der Waals surface area contributed by atoms with Gasteiger partial charge in [-0.3, -0.25) is 0 Å². The van der Waals surface area contributed by atoms with Crippen LogP contribution in [0.1, 0.15) is 54.4 Å². The minimum Gasteiger partial charge on any atom is -0.303 e. The molecule has 0 aromatic rings. The number of rotatable bonds is 5. The van der Waals surface area contributed by atoms with Gasteiger partial charge in [0.2, 0.25) is 0 Å². The lowest BCUT2D eigenvalue weighted by Crippen LogP contribution is -2.50. The number of likely N-dealkylation sites (tertiary alicyclic amines) is 2. The van der Waals surface area contributed by atoms with E-state index in [4.69, 9.17) is 0 Å². The summed E-state index contributed by atoms with van der Waals surface area (Å²) in [5, 5.41) is 0. The van der Waals surface area contributed by atoms with Gasteiger partial charge in [0, 0.05) is 26.2 Å². The van der Waals surface area contributed by atoms with Crippen LogP contribution in [0.25, 0.3) is 0 Å². The van der Waals surface area contributed by atoms with Crippen molar-refractivity contribution >= 4 is 0 Å². The van der Waals surface area contributed by atoms with Gasteiger partial charge in [-0.25, -0.2) is 0 Å². The molecule has 0 aliphatic carbocycles. The van der Waals surface area contributed by atoms with Crippen LogP contribution in [0.3, 0.4) is 0 Å². The summed E-state index contributed by atoms with van der Waals surface area (Å²) in [5.74, 6) is 5.25. The lowest BCUT2D eigenvalue weighted by molar-refractivity contribution is 0.0353. The molecule has 0 saturated carbocycles. The zero-order valence-corrected chi connectivity index (χ0v) is 16.0. The Bertz CT molecular complexity index is 306. The summed E-state index contributed by atoms with van der Waals surface area (Å²) in [6, 6.07) is 0. The second kappa shape index (κ2) is 8.15. The van der Waals surface area contributed by atoms with E-state index in [0.29, 0.717) is 0 Å². The van der Waals surface area contributed by atoms with E-state index in [2.05, 4.69) is 51.3 Å². The van der Waals surface area contributed by atoms with Crippen LogP contribution in [0.5, 0.6) is 0 Å². The molecule has 2 aliphatic heterocycles. The molecule has 0 aromatic heterocycles. The minimum absolute atomic E-state index is 0.797. The van der Waals surface area contributed by atoms with Gasteiger partial charge in [0.1, 0.15) is 0 Å². The predicted octanol–water partition coefficient (Wildman–Crippen LogP) is 4.21. The second-order valence-electron chi connectivity index (χ2n) is 9.11. The van der Waals surface area contributed by atoms with Crippen molar-refractivity contribution in [1.82, 2.24) is 9.80 Å². The Morgan fingerprint density at radius 2 is 1.41 bits per heavy atom. The average Bonchev–Trinajstić information content (AvgIpc) is 2.42. The van der Waals surface area contributed by atoms with Crippen LogP contribution in [-0.2, 0) is 0 Å². The summed E-state index contributed by atoms with van der Waals surface area (Å²) in [6.07, 6.45) is 2.85. The topological polar surface area (TPSA) is 6.48 Å². The van der Waals surface area contributed by atoms with E-state index in [1.54, 1.807) is 0 Å². The molecular formula is C20H40N2. The Balaban J connectivity index is 1.81. The van der Waals surface area contributed by atoms with Crippen molar-refractivity contribution in [1.29, 1.82) is 0 Å². The lowest BCUT2D eigenvalue weighted by atomic mass is 9.78. The van der Waals surface area contributed by atoms with Gasteiger partial charge in [0.05, 0.1) is 0 Å². The Morgan fingerprint density at radius 3 is 1.86 bits per heavy atom. The summed E-state index contributed by atoms with van der Waals surface area (Å²) in [4.78, 5) is 5.48. The Morgan fingerprint density at radius 1 is 0.864 bits per heavy atom. The molecule has 0 N–H and O–H groups in total. The normalized spacial score (nSPS) is 33.0. The maximum atomic E-state index is 2.77. The zero-order chi connectivity index (χ0) is 16.3. The highest BCUT2D eigenvalue weighted by Gasteiger charge is 2.34. The Kier molecular flexibility index (Phi) is 6.76. The van der Waals surface area contributed by atoms with Gasteiger partial charge in [0.25, 0.3) is 0 Å². The van der Waals surface area contributed by atoms with E-state index < -0.39 is 0 Å². The summed E-state index contributed by atoms with van der Waals surface area (Å²) in [5.41, 5.74) is 0. The first-order valence-corrected chi connectivity index (χ1v) is 9.81. The molecule has 0 amide bonds. The average molecular weight is 309 g/mol. The standard InChI is InChI=1S/C20H40N2/c1-15(2)11-22-12-17(5)20(18(6)13-22)14-21-9-7-19(8-10-21)16(3)4/h15-20H,7-14H2,1-6H3/t17-,18+,20?. The molecule has 3 atom stereocenters. The highest BCUT2D eigenvalue weighted by molar-refractivity contribution is 4.86. The first-order chi connectivity index (χ1) is 10.4. The molecule has 22 heavy (non-hydrogen) atoms. The highest BCUT2D eigenvalue weighted by Crippen LogP contribution is 2.31. The molecule has 2 rings (SSSR count). The van der Waals surface area contributed by atoms with Gasteiger partial charge in [-0.1, -0.05) is 41.5 Å². The fraction of sp³-hybridized carbons (Fsp3) is 1.00. The maximum Gasteiger partial charge on any atom is 0.00157 e. The fourth-order valence-corrected chi connectivity index (χ4v) is 4.85. The van der Waals surface area contributed by atoms with Crippen molar-refractivity contribution in [2.24, 2.45) is 35.5 Å². The molecule has 2 heteroatoms. The first-order valence-electron chi connectivity index (χ1n) is 9.81. The molecule has 0 bridgehead atoms. The highest BCUT2D eigenvalue weighted by atomic mass is 15.2. The van der Waals surface area contributed by atoms with Gasteiger partial charge >= 0.3 is 0 Å². The van der Waals surface area contributed by atoms with Crippen molar-refractivity contribution in [2.45, 2.75) is 54.4 Å². The van der Waals surface area contributed by atoms with Gasteiger partial charge in [-0.2, -0.15) is 0 Å². The second-order valence-corrected chi connectivity index (χ2v) is 9.11. The van der Waals surface area contributed by atoms with Crippen molar-refractivity contribution in [2.75, 3.05) is 39.3 Å². The number of piperidine rings is 2. The zero-order valence-electron chi connectivity index (χ0n) is 16.0. The summed E-state index contributed by atoms with van der Waals surface area (Å²) < 4.78 is 0. The number of hydrogen-bond acceptors (Lipinski definition) is 2.